The summed E-state index contributed by atoms with van der Waals surface area (Å²) in [5.41, 5.74) is 2.14. The van der Waals surface area contributed by atoms with Crippen LogP contribution in [0, 0.1) is 6.92 Å². The molecule has 4 nitrogen and oxygen atoms in total. The standard InChI is InChI=1S/C9H9N3O/c1-6-4-12-5-11-9(7(2)13)8(12)3-10-6/h3-5H,1-2H3. The van der Waals surface area contributed by atoms with Crippen LogP contribution in [0.5, 0.6) is 0 Å². The Morgan fingerprint density at radius 2 is 2.23 bits per heavy atom. The van der Waals surface area contributed by atoms with E-state index in [0.717, 1.165) is 11.2 Å². The monoisotopic (exact) mass is 175 g/mol. The first-order valence-electron chi connectivity index (χ1n) is 3.99. The van der Waals surface area contributed by atoms with E-state index in [2.05, 4.69) is 9.97 Å². The molecule has 2 aromatic heterocycles. The number of aromatic nitrogens is 3. The second-order valence-electron chi connectivity index (χ2n) is 2.97. The van der Waals surface area contributed by atoms with Crippen LogP contribution in [-0.4, -0.2) is 20.2 Å². The Kier molecular flexibility index (Phi) is 1.62. The summed E-state index contributed by atoms with van der Waals surface area (Å²) in [5, 5.41) is 0. The number of hydrogen-bond donors (Lipinski definition) is 0. The van der Waals surface area contributed by atoms with Crippen molar-refractivity contribution >= 4 is 11.3 Å². The quantitative estimate of drug-likeness (QED) is 0.612. The summed E-state index contributed by atoms with van der Waals surface area (Å²) in [6.45, 7) is 3.40. The predicted octanol–water partition coefficient (Wildman–Crippen LogP) is 1.24. The predicted molar refractivity (Wildman–Crippen MR) is 47.7 cm³/mol. The fraction of sp³-hybridized carbons (Fsp3) is 0.222. The lowest BCUT2D eigenvalue weighted by molar-refractivity contribution is 0.101. The normalized spacial score (nSPS) is 10.6. The third-order valence-electron chi connectivity index (χ3n) is 1.88. The highest BCUT2D eigenvalue weighted by atomic mass is 16.1. The fourth-order valence-electron chi connectivity index (χ4n) is 1.27. The molecule has 2 heterocycles. The zero-order valence-electron chi connectivity index (χ0n) is 7.48. The van der Waals surface area contributed by atoms with Gasteiger partial charge in [0.2, 0.25) is 0 Å². The summed E-state index contributed by atoms with van der Waals surface area (Å²) >= 11 is 0. The average Bonchev–Trinajstić information content (AvgIpc) is 2.46. The fourth-order valence-corrected chi connectivity index (χ4v) is 1.27. The van der Waals surface area contributed by atoms with Crippen LogP contribution in [0.25, 0.3) is 5.52 Å². The first-order valence-corrected chi connectivity index (χ1v) is 3.99. The van der Waals surface area contributed by atoms with Gasteiger partial charge in [-0.2, -0.15) is 0 Å². The van der Waals surface area contributed by atoms with Gasteiger partial charge in [-0.05, 0) is 6.92 Å². The minimum absolute atomic E-state index is 0.0341. The summed E-state index contributed by atoms with van der Waals surface area (Å²) in [4.78, 5) is 19.2. The molecule has 0 radical (unpaired) electrons. The van der Waals surface area contributed by atoms with Crippen LogP contribution in [-0.2, 0) is 0 Å². The summed E-state index contributed by atoms with van der Waals surface area (Å²) in [5.74, 6) is -0.0341. The van der Waals surface area contributed by atoms with E-state index in [1.165, 1.54) is 6.92 Å². The maximum Gasteiger partial charge on any atom is 0.180 e. The molecular formula is C9H9N3O. The van der Waals surface area contributed by atoms with Crippen LogP contribution in [0.1, 0.15) is 23.1 Å². The Bertz CT molecular complexity index is 473. The second-order valence-corrected chi connectivity index (χ2v) is 2.97. The Labute approximate surface area is 75.2 Å². The lowest BCUT2D eigenvalue weighted by Gasteiger charge is -1.95. The maximum absolute atomic E-state index is 11.1. The number of fused-ring (bicyclic) bond motifs is 1. The van der Waals surface area contributed by atoms with E-state index in [0.29, 0.717) is 5.69 Å². The molecule has 4 heteroatoms. The van der Waals surface area contributed by atoms with E-state index < -0.39 is 0 Å². The number of carbonyl (C=O) groups is 1. The molecular weight excluding hydrogens is 166 g/mol. The minimum Gasteiger partial charge on any atom is -0.302 e. The first-order chi connectivity index (χ1) is 6.18. The van der Waals surface area contributed by atoms with Crippen LogP contribution in [0.3, 0.4) is 0 Å². The molecule has 0 N–H and O–H groups in total. The molecule has 66 valence electrons. The van der Waals surface area contributed by atoms with Gasteiger partial charge in [0.1, 0.15) is 12.0 Å². The number of nitrogens with zero attached hydrogens (tertiary/aromatic N) is 3. The van der Waals surface area contributed by atoms with Gasteiger partial charge in [-0.25, -0.2) is 4.98 Å². The summed E-state index contributed by atoms with van der Waals surface area (Å²) in [7, 11) is 0. The number of hydrogen-bond acceptors (Lipinski definition) is 3. The molecule has 0 aliphatic heterocycles. The van der Waals surface area contributed by atoms with E-state index in [9.17, 15) is 4.79 Å². The van der Waals surface area contributed by atoms with Crippen LogP contribution in [0.2, 0.25) is 0 Å². The van der Waals surface area contributed by atoms with Crippen molar-refractivity contribution in [2.24, 2.45) is 0 Å². The lowest BCUT2D eigenvalue weighted by atomic mass is 10.3. The van der Waals surface area contributed by atoms with E-state index in [1.54, 1.807) is 16.9 Å². The molecule has 0 bridgehead atoms. The molecule has 0 aromatic carbocycles. The number of Topliss-reactive ketones (excluding diaryl/α,β-unsaturated/α-hetero) is 1. The topological polar surface area (TPSA) is 47.3 Å². The molecule has 0 atom stereocenters. The third kappa shape index (κ3) is 1.20. The van der Waals surface area contributed by atoms with Gasteiger partial charge in [-0.1, -0.05) is 0 Å². The Hall–Kier alpha value is -1.71. The number of ketones is 1. The molecule has 0 amide bonds. The smallest absolute Gasteiger partial charge is 0.180 e. The van der Waals surface area contributed by atoms with E-state index in [1.807, 2.05) is 13.1 Å². The van der Waals surface area contributed by atoms with Gasteiger partial charge in [0.25, 0.3) is 0 Å². The van der Waals surface area contributed by atoms with Crippen molar-refractivity contribution in [2.45, 2.75) is 13.8 Å². The summed E-state index contributed by atoms with van der Waals surface area (Å²) in [6.07, 6.45) is 5.13. The van der Waals surface area contributed by atoms with Crippen LogP contribution in [0.4, 0.5) is 0 Å². The van der Waals surface area contributed by atoms with Gasteiger partial charge in [0, 0.05) is 13.1 Å². The lowest BCUT2D eigenvalue weighted by Crippen LogP contribution is -1.94. The molecule has 0 aliphatic carbocycles. The zero-order valence-corrected chi connectivity index (χ0v) is 7.48. The van der Waals surface area contributed by atoms with Gasteiger partial charge >= 0.3 is 0 Å². The SMILES string of the molecule is CC(=O)c1ncn2cc(C)ncc12. The molecule has 0 spiro atoms. The van der Waals surface area contributed by atoms with Crippen LogP contribution in [0.15, 0.2) is 18.7 Å². The Morgan fingerprint density at radius 3 is 2.92 bits per heavy atom. The van der Waals surface area contributed by atoms with Crippen molar-refractivity contribution in [3.05, 3.63) is 30.1 Å². The summed E-state index contributed by atoms with van der Waals surface area (Å²) < 4.78 is 1.80. The van der Waals surface area contributed by atoms with Gasteiger partial charge in [0.05, 0.1) is 17.4 Å². The Morgan fingerprint density at radius 1 is 1.46 bits per heavy atom. The van der Waals surface area contributed by atoms with Gasteiger partial charge in [0.15, 0.2) is 5.78 Å². The second kappa shape index (κ2) is 2.65. The Balaban J connectivity index is 2.76. The third-order valence-corrected chi connectivity index (χ3v) is 1.88. The van der Waals surface area contributed by atoms with Gasteiger partial charge in [-0.3, -0.25) is 9.78 Å². The molecule has 0 fully saturated rings. The number of imidazole rings is 1. The van der Waals surface area contributed by atoms with Crippen molar-refractivity contribution < 1.29 is 4.79 Å². The van der Waals surface area contributed by atoms with Crippen LogP contribution >= 0.6 is 0 Å². The zero-order chi connectivity index (χ0) is 9.42. The molecule has 2 rings (SSSR count). The molecule has 13 heavy (non-hydrogen) atoms. The van der Waals surface area contributed by atoms with Gasteiger partial charge in [-0.15, -0.1) is 0 Å². The maximum atomic E-state index is 11.1. The van der Waals surface area contributed by atoms with Gasteiger partial charge < -0.3 is 4.40 Å². The average molecular weight is 175 g/mol. The molecule has 0 saturated heterocycles. The minimum atomic E-state index is -0.0341. The van der Waals surface area contributed by atoms with Crippen molar-refractivity contribution in [3.8, 4) is 0 Å². The summed E-state index contributed by atoms with van der Waals surface area (Å²) in [6, 6.07) is 0. The van der Waals surface area contributed by atoms with Crippen molar-refractivity contribution in [1.82, 2.24) is 14.4 Å². The molecule has 2 aromatic rings. The molecule has 0 aliphatic rings. The first kappa shape index (κ1) is 7.91. The van der Waals surface area contributed by atoms with Crippen LogP contribution < -0.4 is 0 Å². The van der Waals surface area contributed by atoms with E-state index in [4.69, 9.17) is 0 Å². The van der Waals surface area contributed by atoms with Crippen molar-refractivity contribution in [2.75, 3.05) is 0 Å². The van der Waals surface area contributed by atoms with E-state index >= 15 is 0 Å². The highest BCUT2D eigenvalue weighted by molar-refractivity contribution is 5.98. The van der Waals surface area contributed by atoms with Crippen molar-refractivity contribution in [1.29, 1.82) is 0 Å². The van der Waals surface area contributed by atoms with Crippen molar-refractivity contribution in [3.63, 3.8) is 0 Å². The highest BCUT2D eigenvalue weighted by Crippen LogP contribution is 2.08. The molecule has 0 saturated carbocycles. The van der Waals surface area contributed by atoms with E-state index in [-0.39, 0.29) is 5.78 Å². The highest BCUT2D eigenvalue weighted by Gasteiger charge is 2.08. The number of aryl methyl sites for hydroxylation is 1. The molecule has 0 unspecified atom stereocenters. The largest absolute Gasteiger partial charge is 0.302 e. The number of rotatable bonds is 1. The number of carbonyl (C=O) groups excluding carboxylic acids is 1.